The first-order valence-electron chi connectivity index (χ1n) is 6.48. The standard InChI is InChI=1S/C15H16N2O2/c1-10(2)12-9-17(13-6-4-3-5-11(12)13)15(18)14-16-7-8-19-14/h3-8,10,12H,9H2,1-2H3. The number of anilines is 1. The highest BCUT2D eigenvalue weighted by Crippen LogP contribution is 2.40. The van der Waals surface area contributed by atoms with Crippen molar-refractivity contribution >= 4 is 11.6 Å². The monoisotopic (exact) mass is 256 g/mol. The molecule has 0 radical (unpaired) electrons. The normalized spacial score (nSPS) is 17.8. The van der Waals surface area contributed by atoms with Gasteiger partial charge in [-0.3, -0.25) is 4.79 Å². The number of fused-ring (bicyclic) bond motifs is 1. The summed E-state index contributed by atoms with van der Waals surface area (Å²) in [4.78, 5) is 18.1. The first-order chi connectivity index (χ1) is 9.18. The average Bonchev–Trinajstić information content (AvgIpc) is 3.05. The van der Waals surface area contributed by atoms with Gasteiger partial charge in [0.1, 0.15) is 6.26 Å². The van der Waals surface area contributed by atoms with Gasteiger partial charge in [0, 0.05) is 18.2 Å². The second kappa shape index (κ2) is 4.53. The summed E-state index contributed by atoms with van der Waals surface area (Å²) in [5, 5.41) is 0. The molecule has 4 nitrogen and oxygen atoms in total. The lowest BCUT2D eigenvalue weighted by molar-refractivity contribution is 0.0954. The van der Waals surface area contributed by atoms with Crippen LogP contribution < -0.4 is 4.90 Å². The van der Waals surface area contributed by atoms with Gasteiger partial charge in [-0.15, -0.1) is 0 Å². The lowest BCUT2D eigenvalue weighted by Crippen LogP contribution is -2.30. The number of para-hydroxylation sites is 1. The van der Waals surface area contributed by atoms with Gasteiger partial charge < -0.3 is 9.32 Å². The Labute approximate surface area is 112 Å². The lowest BCUT2D eigenvalue weighted by atomic mass is 9.90. The van der Waals surface area contributed by atoms with Crippen LogP contribution in [-0.4, -0.2) is 17.4 Å². The smallest absolute Gasteiger partial charge is 0.314 e. The molecule has 98 valence electrons. The van der Waals surface area contributed by atoms with E-state index in [4.69, 9.17) is 4.42 Å². The van der Waals surface area contributed by atoms with E-state index >= 15 is 0 Å². The number of rotatable bonds is 2. The molecule has 1 amide bonds. The fraction of sp³-hybridized carbons (Fsp3) is 0.333. The Bertz CT molecular complexity index is 590. The van der Waals surface area contributed by atoms with Crippen molar-refractivity contribution in [3.63, 3.8) is 0 Å². The highest BCUT2D eigenvalue weighted by Gasteiger charge is 2.35. The molecule has 1 aliphatic heterocycles. The SMILES string of the molecule is CC(C)C1CN(C(=O)c2ncco2)c2ccccc21. The fourth-order valence-electron chi connectivity index (χ4n) is 2.65. The Morgan fingerprint density at radius 2 is 2.21 bits per heavy atom. The van der Waals surface area contributed by atoms with Crippen molar-refractivity contribution in [1.29, 1.82) is 0 Å². The third-order valence-electron chi connectivity index (χ3n) is 3.67. The summed E-state index contributed by atoms with van der Waals surface area (Å²) in [5.41, 5.74) is 2.21. The van der Waals surface area contributed by atoms with Crippen molar-refractivity contribution < 1.29 is 9.21 Å². The number of hydrogen-bond donors (Lipinski definition) is 0. The number of hydrogen-bond acceptors (Lipinski definition) is 3. The highest BCUT2D eigenvalue weighted by molar-refractivity contribution is 6.04. The summed E-state index contributed by atoms with van der Waals surface area (Å²) in [5.74, 6) is 0.846. The Morgan fingerprint density at radius 3 is 2.89 bits per heavy atom. The van der Waals surface area contributed by atoms with E-state index in [1.807, 2.05) is 18.2 Å². The summed E-state index contributed by atoms with van der Waals surface area (Å²) >= 11 is 0. The molecule has 1 aliphatic rings. The van der Waals surface area contributed by atoms with Crippen LogP contribution in [0.25, 0.3) is 0 Å². The summed E-state index contributed by atoms with van der Waals surface area (Å²) < 4.78 is 5.12. The van der Waals surface area contributed by atoms with Crippen LogP contribution in [0.4, 0.5) is 5.69 Å². The van der Waals surface area contributed by atoms with Crippen molar-refractivity contribution in [2.24, 2.45) is 5.92 Å². The van der Waals surface area contributed by atoms with Gasteiger partial charge in [-0.1, -0.05) is 32.0 Å². The van der Waals surface area contributed by atoms with Crippen LogP contribution in [0.1, 0.15) is 36.0 Å². The van der Waals surface area contributed by atoms with Crippen molar-refractivity contribution in [3.05, 3.63) is 48.2 Å². The molecule has 0 fully saturated rings. The van der Waals surface area contributed by atoms with E-state index in [1.165, 1.54) is 18.0 Å². The van der Waals surface area contributed by atoms with E-state index in [0.717, 1.165) is 5.69 Å². The average molecular weight is 256 g/mol. The van der Waals surface area contributed by atoms with E-state index in [-0.39, 0.29) is 11.8 Å². The number of nitrogens with zero attached hydrogens (tertiary/aromatic N) is 2. The van der Waals surface area contributed by atoms with Crippen molar-refractivity contribution in [3.8, 4) is 0 Å². The van der Waals surface area contributed by atoms with Crippen LogP contribution in [0, 0.1) is 5.92 Å². The molecule has 0 bridgehead atoms. The number of benzene rings is 1. The zero-order chi connectivity index (χ0) is 13.4. The number of aromatic nitrogens is 1. The molecule has 0 spiro atoms. The molecule has 3 rings (SSSR count). The summed E-state index contributed by atoms with van der Waals surface area (Å²) in [6.07, 6.45) is 2.92. The molecule has 1 atom stereocenters. The molecule has 0 saturated carbocycles. The molecule has 0 aliphatic carbocycles. The topological polar surface area (TPSA) is 46.3 Å². The van der Waals surface area contributed by atoms with Gasteiger partial charge in [0.25, 0.3) is 5.89 Å². The van der Waals surface area contributed by atoms with Crippen LogP contribution >= 0.6 is 0 Å². The van der Waals surface area contributed by atoms with Crippen molar-refractivity contribution in [1.82, 2.24) is 4.98 Å². The minimum absolute atomic E-state index is 0.152. The first-order valence-corrected chi connectivity index (χ1v) is 6.48. The largest absolute Gasteiger partial charge is 0.441 e. The van der Waals surface area contributed by atoms with Crippen LogP contribution in [0.15, 0.2) is 41.1 Å². The molecular weight excluding hydrogens is 240 g/mol. The zero-order valence-electron chi connectivity index (χ0n) is 11.0. The van der Waals surface area contributed by atoms with Gasteiger partial charge in [-0.25, -0.2) is 4.98 Å². The molecule has 19 heavy (non-hydrogen) atoms. The predicted octanol–water partition coefficient (Wildman–Crippen LogP) is 3.07. The van der Waals surface area contributed by atoms with Crippen LogP contribution in [0.2, 0.25) is 0 Å². The van der Waals surface area contributed by atoms with Crippen LogP contribution in [-0.2, 0) is 0 Å². The molecular formula is C15H16N2O2. The number of amides is 1. The molecule has 0 N–H and O–H groups in total. The predicted molar refractivity (Wildman–Crippen MR) is 72.2 cm³/mol. The van der Waals surface area contributed by atoms with E-state index < -0.39 is 0 Å². The van der Waals surface area contributed by atoms with E-state index in [2.05, 4.69) is 24.9 Å². The maximum Gasteiger partial charge on any atom is 0.314 e. The summed E-state index contributed by atoms with van der Waals surface area (Å²) in [7, 11) is 0. The first kappa shape index (κ1) is 12.0. The highest BCUT2D eigenvalue weighted by atomic mass is 16.4. The summed E-state index contributed by atoms with van der Waals surface area (Å²) in [6, 6.07) is 8.06. The second-order valence-electron chi connectivity index (χ2n) is 5.16. The fourth-order valence-corrected chi connectivity index (χ4v) is 2.65. The third kappa shape index (κ3) is 1.93. The third-order valence-corrected chi connectivity index (χ3v) is 3.67. The molecule has 2 aromatic rings. The Morgan fingerprint density at radius 1 is 1.42 bits per heavy atom. The van der Waals surface area contributed by atoms with Gasteiger partial charge >= 0.3 is 5.91 Å². The van der Waals surface area contributed by atoms with Crippen molar-refractivity contribution in [2.45, 2.75) is 19.8 Å². The Balaban J connectivity index is 1.99. The molecule has 1 aromatic carbocycles. The molecule has 0 saturated heterocycles. The van der Waals surface area contributed by atoms with Crippen LogP contribution in [0.5, 0.6) is 0 Å². The van der Waals surface area contributed by atoms with Gasteiger partial charge in [-0.05, 0) is 17.5 Å². The Kier molecular flexibility index (Phi) is 2.85. The molecule has 4 heteroatoms. The van der Waals surface area contributed by atoms with Crippen LogP contribution in [0.3, 0.4) is 0 Å². The number of carbonyl (C=O) groups excluding carboxylic acids is 1. The number of carbonyl (C=O) groups is 1. The minimum Gasteiger partial charge on any atom is -0.441 e. The lowest BCUT2D eigenvalue weighted by Gasteiger charge is -2.17. The van der Waals surface area contributed by atoms with E-state index in [1.54, 1.807) is 4.90 Å². The number of oxazole rings is 1. The molecule has 2 heterocycles. The Hall–Kier alpha value is -2.10. The summed E-state index contributed by atoms with van der Waals surface area (Å²) in [6.45, 7) is 5.05. The van der Waals surface area contributed by atoms with Gasteiger partial charge in [0.05, 0.1) is 6.20 Å². The molecule has 1 aromatic heterocycles. The quantitative estimate of drug-likeness (QED) is 0.829. The second-order valence-corrected chi connectivity index (χ2v) is 5.16. The zero-order valence-corrected chi connectivity index (χ0v) is 11.0. The maximum atomic E-state index is 12.4. The maximum absolute atomic E-state index is 12.4. The van der Waals surface area contributed by atoms with Gasteiger partial charge in [0.2, 0.25) is 0 Å². The van der Waals surface area contributed by atoms with Crippen molar-refractivity contribution in [2.75, 3.05) is 11.4 Å². The van der Waals surface area contributed by atoms with E-state index in [0.29, 0.717) is 18.4 Å². The molecule has 1 unspecified atom stereocenters. The van der Waals surface area contributed by atoms with E-state index in [9.17, 15) is 4.79 Å². The van der Waals surface area contributed by atoms with Gasteiger partial charge in [0.15, 0.2) is 0 Å². The minimum atomic E-state index is -0.166. The van der Waals surface area contributed by atoms with Gasteiger partial charge in [-0.2, -0.15) is 0 Å².